The van der Waals surface area contributed by atoms with Gasteiger partial charge in [-0.25, -0.2) is 0 Å². The van der Waals surface area contributed by atoms with Crippen LogP contribution in [0.15, 0.2) is 48.0 Å². The molecular formula is C16H15NOS. The Bertz CT molecular complexity index is 699. The summed E-state index contributed by atoms with van der Waals surface area (Å²) in [6.45, 7) is 2.11. The third-order valence-electron chi connectivity index (χ3n) is 3.38. The predicted molar refractivity (Wildman–Crippen MR) is 79.5 cm³/mol. The molecule has 19 heavy (non-hydrogen) atoms. The number of hydrogen-bond donors (Lipinski definition) is 1. The molecule has 0 amide bonds. The Hall–Kier alpha value is -1.71. The Balaban J connectivity index is 2.14. The van der Waals surface area contributed by atoms with Crippen LogP contribution in [0.1, 0.15) is 29.0 Å². The number of aliphatic hydroxyl groups excluding tert-OH is 1. The van der Waals surface area contributed by atoms with Crippen molar-refractivity contribution in [1.82, 2.24) is 4.98 Å². The van der Waals surface area contributed by atoms with Gasteiger partial charge in [-0.1, -0.05) is 25.1 Å². The largest absolute Gasteiger partial charge is 0.383 e. The summed E-state index contributed by atoms with van der Waals surface area (Å²) in [5.41, 5.74) is 3.08. The van der Waals surface area contributed by atoms with E-state index in [1.165, 1.54) is 5.56 Å². The number of hydrogen-bond acceptors (Lipinski definition) is 3. The van der Waals surface area contributed by atoms with E-state index in [1.807, 2.05) is 35.7 Å². The fourth-order valence-corrected chi connectivity index (χ4v) is 3.38. The summed E-state index contributed by atoms with van der Waals surface area (Å²) in [4.78, 5) is 5.38. The first kappa shape index (κ1) is 12.3. The van der Waals surface area contributed by atoms with Crippen molar-refractivity contribution in [2.24, 2.45) is 0 Å². The number of pyridine rings is 1. The van der Waals surface area contributed by atoms with Gasteiger partial charge in [0, 0.05) is 16.5 Å². The highest BCUT2D eigenvalue weighted by molar-refractivity contribution is 7.10. The SMILES string of the molecule is CCc1ccsc1C(O)c1cccc2ncccc12. The fraction of sp³-hybridized carbons (Fsp3) is 0.188. The number of fused-ring (bicyclic) bond motifs is 1. The number of benzene rings is 1. The molecule has 0 bridgehead atoms. The average Bonchev–Trinajstić information content (AvgIpc) is 2.94. The second-order valence-electron chi connectivity index (χ2n) is 4.48. The number of nitrogens with zero attached hydrogens (tertiary/aromatic N) is 1. The Labute approximate surface area is 116 Å². The van der Waals surface area contributed by atoms with Gasteiger partial charge in [0.2, 0.25) is 0 Å². The van der Waals surface area contributed by atoms with Gasteiger partial charge in [-0.3, -0.25) is 4.98 Å². The van der Waals surface area contributed by atoms with Gasteiger partial charge in [0.15, 0.2) is 0 Å². The average molecular weight is 269 g/mol. The van der Waals surface area contributed by atoms with Crippen molar-refractivity contribution in [3.05, 3.63) is 64.0 Å². The van der Waals surface area contributed by atoms with Crippen LogP contribution in [0.2, 0.25) is 0 Å². The zero-order chi connectivity index (χ0) is 13.2. The Morgan fingerprint density at radius 3 is 2.95 bits per heavy atom. The molecule has 2 heterocycles. The molecule has 3 heteroatoms. The molecule has 3 aromatic rings. The molecule has 0 aliphatic carbocycles. The van der Waals surface area contributed by atoms with Crippen molar-refractivity contribution < 1.29 is 5.11 Å². The summed E-state index contributed by atoms with van der Waals surface area (Å²) in [6.07, 6.45) is 2.16. The third kappa shape index (κ3) is 2.15. The van der Waals surface area contributed by atoms with Gasteiger partial charge in [-0.05, 0) is 41.1 Å². The lowest BCUT2D eigenvalue weighted by molar-refractivity contribution is 0.225. The molecule has 1 aromatic carbocycles. The molecule has 0 saturated heterocycles. The molecule has 0 spiro atoms. The van der Waals surface area contributed by atoms with E-state index in [1.54, 1.807) is 17.5 Å². The number of thiophene rings is 1. The maximum atomic E-state index is 10.7. The predicted octanol–water partition coefficient (Wildman–Crippen LogP) is 3.94. The molecule has 1 unspecified atom stereocenters. The Morgan fingerprint density at radius 1 is 1.21 bits per heavy atom. The maximum absolute atomic E-state index is 10.7. The summed E-state index contributed by atoms with van der Waals surface area (Å²) in [7, 11) is 0. The standard InChI is InChI=1S/C16H15NOS/c1-2-11-8-10-19-16(11)15(18)13-5-3-7-14-12(13)6-4-9-17-14/h3-10,15,18H,2H2,1H3. The van der Waals surface area contributed by atoms with Gasteiger partial charge in [-0.15, -0.1) is 11.3 Å². The van der Waals surface area contributed by atoms with E-state index in [9.17, 15) is 5.11 Å². The molecule has 0 aliphatic rings. The van der Waals surface area contributed by atoms with Crippen molar-refractivity contribution in [2.75, 3.05) is 0 Å². The second kappa shape index (κ2) is 5.11. The topological polar surface area (TPSA) is 33.1 Å². The van der Waals surface area contributed by atoms with Crippen LogP contribution < -0.4 is 0 Å². The number of aromatic nitrogens is 1. The Morgan fingerprint density at radius 2 is 2.11 bits per heavy atom. The van der Waals surface area contributed by atoms with Crippen molar-refractivity contribution in [2.45, 2.75) is 19.4 Å². The zero-order valence-electron chi connectivity index (χ0n) is 10.7. The van der Waals surface area contributed by atoms with Crippen LogP contribution in [0.5, 0.6) is 0 Å². The lowest BCUT2D eigenvalue weighted by Crippen LogP contribution is -2.01. The lowest BCUT2D eigenvalue weighted by atomic mass is 10.00. The maximum Gasteiger partial charge on any atom is 0.114 e. The van der Waals surface area contributed by atoms with Crippen LogP contribution in [-0.2, 0) is 6.42 Å². The van der Waals surface area contributed by atoms with Gasteiger partial charge in [0.1, 0.15) is 6.10 Å². The van der Waals surface area contributed by atoms with Gasteiger partial charge >= 0.3 is 0 Å². The summed E-state index contributed by atoms with van der Waals surface area (Å²) in [5.74, 6) is 0. The van der Waals surface area contributed by atoms with Gasteiger partial charge < -0.3 is 5.11 Å². The monoisotopic (exact) mass is 269 g/mol. The molecule has 1 N–H and O–H groups in total. The summed E-state index contributed by atoms with van der Waals surface area (Å²) < 4.78 is 0. The van der Waals surface area contributed by atoms with Crippen LogP contribution in [0.3, 0.4) is 0 Å². The minimum absolute atomic E-state index is 0.567. The quantitative estimate of drug-likeness (QED) is 0.781. The highest BCUT2D eigenvalue weighted by Crippen LogP contribution is 2.33. The molecule has 1 atom stereocenters. The van der Waals surface area contributed by atoms with Crippen LogP contribution in [0, 0.1) is 0 Å². The molecule has 0 saturated carbocycles. The van der Waals surface area contributed by atoms with Crippen molar-refractivity contribution in [3.8, 4) is 0 Å². The molecule has 2 nitrogen and oxygen atoms in total. The first-order chi connectivity index (χ1) is 9.31. The van der Waals surface area contributed by atoms with Crippen molar-refractivity contribution in [3.63, 3.8) is 0 Å². The van der Waals surface area contributed by atoms with E-state index in [0.717, 1.165) is 27.8 Å². The first-order valence-corrected chi connectivity index (χ1v) is 7.27. The van der Waals surface area contributed by atoms with E-state index in [2.05, 4.69) is 18.0 Å². The molecule has 0 radical (unpaired) electrons. The second-order valence-corrected chi connectivity index (χ2v) is 5.43. The number of aryl methyl sites for hydroxylation is 1. The number of aliphatic hydroxyl groups is 1. The first-order valence-electron chi connectivity index (χ1n) is 6.39. The van der Waals surface area contributed by atoms with E-state index in [0.29, 0.717) is 0 Å². The Kier molecular flexibility index (Phi) is 3.32. The van der Waals surface area contributed by atoms with Crippen LogP contribution in [0.4, 0.5) is 0 Å². The van der Waals surface area contributed by atoms with E-state index in [-0.39, 0.29) is 0 Å². The molecule has 3 rings (SSSR count). The summed E-state index contributed by atoms with van der Waals surface area (Å²) in [6, 6.07) is 11.9. The van der Waals surface area contributed by atoms with E-state index in [4.69, 9.17) is 0 Å². The number of rotatable bonds is 3. The smallest absolute Gasteiger partial charge is 0.114 e. The highest BCUT2D eigenvalue weighted by Gasteiger charge is 2.17. The van der Waals surface area contributed by atoms with Crippen molar-refractivity contribution in [1.29, 1.82) is 0 Å². The molecule has 0 aliphatic heterocycles. The van der Waals surface area contributed by atoms with Crippen LogP contribution >= 0.6 is 11.3 Å². The van der Waals surface area contributed by atoms with Crippen molar-refractivity contribution >= 4 is 22.2 Å². The van der Waals surface area contributed by atoms with Gasteiger partial charge in [-0.2, -0.15) is 0 Å². The highest BCUT2D eigenvalue weighted by atomic mass is 32.1. The molecular weight excluding hydrogens is 254 g/mol. The summed E-state index contributed by atoms with van der Waals surface area (Å²) in [5, 5.41) is 13.7. The minimum atomic E-state index is -0.567. The van der Waals surface area contributed by atoms with Crippen LogP contribution in [-0.4, -0.2) is 10.1 Å². The van der Waals surface area contributed by atoms with Gasteiger partial charge in [0.05, 0.1) is 5.52 Å². The van der Waals surface area contributed by atoms with Gasteiger partial charge in [0.25, 0.3) is 0 Å². The summed E-state index contributed by atoms with van der Waals surface area (Å²) >= 11 is 1.62. The van der Waals surface area contributed by atoms with E-state index >= 15 is 0 Å². The lowest BCUT2D eigenvalue weighted by Gasteiger charge is -2.13. The van der Waals surface area contributed by atoms with E-state index < -0.39 is 6.10 Å². The normalized spacial score (nSPS) is 12.7. The third-order valence-corrected chi connectivity index (χ3v) is 4.40. The fourth-order valence-electron chi connectivity index (χ4n) is 2.39. The minimum Gasteiger partial charge on any atom is -0.383 e. The molecule has 2 aromatic heterocycles. The zero-order valence-corrected chi connectivity index (χ0v) is 11.5. The van der Waals surface area contributed by atoms with Crippen LogP contribution in [0.25, 0.3) is 10.9 Å². The molecule has 96 valence electrons. The molecule has 0 fully saturated rings.